The normalized spacial score (nSPS) is 15.4. The summed E-state index contributed by atoms with van der Waals surface area (Å²) in [4.78, 5) is 6.71. The Morgan fingerprint density at radius 1 is 1.19 bits per heavy atom. The van der Waals surface area contributed by atoms with E-state index in [0.29, 0.717) is 6.54 Å². The van der Waals surface area contributed by atoms with Gasteiger partial charge in [0.25, 0.3) is 0 Å². The quantitative estimate of drug-likeness (QED) is 0.389. The Hall–Kier alpha value is -1.61. The van der Waals surface area contributed by atoms with Crippen LogP contribution in [0.4, 0.5) is 0 Å². The Kier molecular flexibility index (Phi) is 7.27. The van der Waals surface area contributed by atoms with Gasteiger partial charge in [0.2, 0.25) is 0 Å². The molecule has 2 N–H and O–H groups in total. The zero-order valence-electron chi connectivity index (χ0n) is 16.8. The Bertz CT molecular complexity index is 755. The predicted molar refractivity (Wildman–Crippen MR) is 120 cm³/mol. The number of rotatable bonds is 5. The second-order valence-corrected chi connectivity index (χ2v) is 7.32. The number of fused-ring (bicyclic) bond motifs is 1. The molecular weight excluding hydrogens is 453 g/mol. The first-order valence-corrected chi connectivity index (χ1v) is 9.05. The average molecular weight is 483 g/mol. The van der Waals surface area contributed by atoms with Crippen LogP contribution in [0, 0.1) is 13.8 Å². The highest BCUT2D eigenvalue weighted by Gasteiger charge is 2.39. The number of aryl methyl sites for hydroxylation is 2. The van der Waals surface area contributed by atoms with Crippen molar-refractivity contribution in [3.05, 3.63) is 52.4 Å². The lowest BCUT2D eigenvalue weighted by atomic mass is 9.94. The summed E-state index contributed by atoms with van der Waals surface area (Å²) in [6.07, 6.45) is 2.09. The third-order valence-electron chi connectivity index (χ3n) is 5.53. The number of guanidine groups is 1. The van der Waals surface area contributed by atoms with E-state index in [1.165, 1.54) is 11.1 Å². The van der Waals surface area contributed by atoms with Crippen LogP contribution in [0.1, 0.15) is 28.1 Å². The second kappa shape index (κ2) is 9.05. The van der Waals surface area contributed by atoms with Crippen LogP contribution in [0.2, 0.25) is 0 Å². The molecular formula is C20H30IN5O. The van der Waals surface area contributed by atoms with Crippen molar-refractivity contribution in [2.75, 3.05) is 27.7 Å². The number of hydrogen-bond acceptors (Lipinski definition) is 4. The number of nitrogens with one attached hydrogen (secondary N) is 2. The highest BCUT2D eigenvalue weighted by atomic mass is 127. The van der Waals surface area contributed by atoms with E-state index in [-0.39, 0.29) is 29.5 Å². The molecule has 1 aromatic carbocycles. The van der Waals surface area contributed by atoms with Gasteiger partial charge in [-0.2, -0.15) is 0 Å². The minimum atomic E-state index is 0. The van der Waals surface area contributed by atoms with E-state index in [1.54, 1.807) is 7.05 Å². The van der Waals surface area contributed by atoms with E-state index >= 15 is 0 Å². The molecule has 0 spiro atoms. The summed E-state index contributed by atoms with van der Waals surface area (Å²) in [5, 5.41) is 10.9. The molecule has 0 fully saturated rings. The minimum absolute atomic E-state index is 0. The fourth-order valence-electron chi connectivity index (χ4n) is 3.67. The molecule has 1 heterocycles. The first kappa shape index (κ1) is 21.7. The highest BCUT2D eigenvalue weighted by Crippen LogP contribution is 2.32. The van der Waals surface area contributed by atoms with Gasteiger partial charge in [0, 0.05) is 31.2 Å². The van der Waals surface area contributed by atoms with E-state index in [4.69, 9.17) is 4.52 Å². The molecule has 148 valence electrons. The Balaban J connectivity index is 0.00000261. The van der Waals surface area contributed by atoms with Crippen molar-refractivity contribution in [1.29, 1.82) is 0 Å². The zero-order chi connectivity index (χ0) is 18.7. The number of likely N-dealkylation sites (N-methyl/N-ethyl adjacent to an activating group) is 1. The van der Waals surface area contributed by atoms with E-state index in [9.17, 15) is 0 Å². The highest BCUT2D eigenvalue weighted by molar-refractivity contribution is 14.0. The molecule has 0 aliphatic heterocycles. The standard InChI is InChI=1S/C20H29N5O.HI/c1-14-18(15(2)26-24-14)12-22-19(21-3)23-13-20(25(4)5)10-16-8-6-7-9-17(16)11-20;/h6-9H,10-13H2,1-5H3,(H2,21,22,23);1H. The van der Waals surface area contributed by atoms with Crippen LogP contribution in [0.3, 0.4) is 0 Å². The number of halogens is 1. The maximum absolute atomic E-state index is 5.23. The van der Waals surface area contributed by atoms with Gasteiger partial charge < -0.3 is 20.1 Å². The molecule has 3 rings (SSSR count). The number of aromatic nitrogens is 1. The maximum atomic E-state index is 5.23. The lowest BCUT2D eigenvalue weighted by molar-refractivity contribution is 0.165. The van der Waals surface area contributed by atoms with Gasteiger partial charge in [0.1, 0.15) is 5.76 Å². The van der Waals surface area contributed by atoms with Gasteiger partial charge in [-0.15, -0.1) is 24.0 Å². The lowest BCUT2D eigenvalue weighted by Crippen LogP contribution is -2.55. The molecule has 0 radical (unpaired) electrons. The molecule has 0 saturated carbocycles. The summed E-state index contributed by atoms with van der Waals surface area (Å²) in [6.45, 7) is 5.37. The summed E-state index contributed by atoms with van der Waals surface area (Å²) in [5.74, 6) is 1.64. The average Bonchev–Trinajstić information content (AvgIpc) is 3.16. The van der Waals surface area contributed by atoms with Crippen molar-refractivity contribution in [2.24, 2.45) is 4.99 Å². The molecule has 1 aromatic heterocycles. The van der Waals surface area contributed by atoms with E-state index in [0.717, 1.165) is 42.4 Å². The maximum Gasteiger partial charge on any atom is 0.191 e. The molecule has 0 atom stereocenters. The van der Waals surface area contributed by atoms with Crippen LogP contribution in [-0.4, -0.2) is 49.2 Å². The van der Waals surface area contributed by atoms with Gasteiger partial charge in [-0.25, -0.2) is 0 Å². The van der Waals surface area contributed by atoms with Gasteiger partial charge in [-0.05, 0) is 51.9 Å². The van der Waals surface area contributed by atoms with Crippen LogP contribution in [0.15, 0.2) is 33.8 Å². The molecule has 0 saturated heterocycles. The fourth-order valence-corrected chi connectivity index (χ4v) is 3.67. The molecule has 1 aliphatic rings. The van der Waals surface area contributed by atoms with Crippen molar-refractivity contribution >= 4 is 29.9 Å². The van der Waals surface area contributed by atoms with Crippen molar-refractivity contribution in [2.45, 2.75) is 38.8 Å². The Morgan fingerprint density at radius 3 is 2.30 bits per heavy atom. The summed E-state index contributed by atoms with van der Waals surface area (Å²) < 4.78 is 5.23. The van der Waals surface area contributed by atoms with Gasteiger partial charge in [0.15, 0.2) is 5.96 Å². The van der Waals surface area contributed by atoms with E-state index in [2.05, 4.69) is 64.0 Å². The van der Waals surface area contributed by atoms with Gasteiger partial charge in [-0.3, -0.25) is 4.99 Å². The first-order valence-electron chi connectivity index (χ1n) is 9.05. The van der Waals surface area contributed by atoms with Crippen LogP contribution in [0.5, 0.6) is 0 Å². The van der Waals surface area contributed by atoms with Crippen LogP contribution in [-0.2, 0) is 19.4 Å². The van der Waals surface area contributed by atoms with E-state index in [1.807, 2.05) is 13.8 Å². The summed E-state index contributed by atoms with van der Waals surface area (Å²) in [5.41, 5.74) is 4.96. The van der Waals surface area contributed by atoms with Crippen molar-refractivity contribution in [3.63, 3.8) is 0 Å². The Labute approximate surface area is 178 Å². The second-order valence-electron chi connectivity index (χ2n) is 7.32. The molecule has 6 nitrogen and oxygen atoms in total. The molecule has 0 unspecified atom stereocenters. The van der Waals surface area contributed by atoms with Gasteiger partial charge in [0.05, 0.1) is 5.69 Å². The fraction of sp³-hybridized carbons (Fsp3) is 0.500. The zero-order valence-corrected chi connectivity index (χ0v) is 19.1. The van der Waals surface area contributed by atoms with Gasteiger partial charge >= 0.3 is 0 Å². The molecule has 2 aromatic rings. The molecule has 27 heavy (non-hydrogen) atoms. The number of nitrogens with zero attached hydrogens (tertiary/aromatic N) is 3. The topological polar surface area (TPSA) is 65.7 Å². The minimum Gasteiger partial charge on any atom is -0.361 e. The van der Waals surface area contributed by atoms with Crippen molar-refractivity contribution < 1.29 is 4.52 Å². The molecule has 0 amide bonds. The molecule has 1 aliphatic carbocycles. The Morgan fingerprint density at radius 2 is 1.81 bits per heavy atom. The predicted octanol–water partition coefficient (Wildman–Crippen LogP) is 2.67. The first-order chi connectivity index (χ1) is 12.4. The number of hydrogen-bond donors (Lipinski definition) is 2. The number of benzene rings is 1. The SMILES string of the molecule is CN=C(NCc1c(C)noc1C)NCC1(N(C)C)Cc2ccccc2C1.I. The molecule has 7 heteroatoms. The lowest BCUT2D eigenvalue weighted by Gasteiger charge is -2.37. The summed E-state index contributed by atoms with van der Waals surface area (Å²) in [7, 11) is 6.12. The van der Waals surface area contributed by atoms with Crippen molar-refractivity contribution in [1.82, 2.24) is 20.7 Å². The van der Waals surface area contributed by atoms with E-state index < -0.39 is 0 Å². The number of aliphatic imine (C=N–C) groups is 1. The summed E-state index contributed by atoms with van der Waals surface area (Å²) in [6, 6.07) is 8.74. The third kappa shape index (κ3) is 4.63. The molecule has 0 bridgehead atoms. The van der Waals surface area contributed by atoms with Crippen LogP contribution in [0.25, 0.3) is 0 Å². The smallest absolute Gasteiger partial charge is 0.191 e. The van der Waals surface area contributed by atoms with Gasteiger partial charge in [-0.1, -0.05) is 29.4 Å². The van der Waals surface area contributed by atoms with Crippen molar-refractivity contribution in [3.8, 4) is 0 Å². The largest absolute Gasteiger partial charge is 0.361 e. The summed E-state index contributed by atoms with van der Waals surface area (Å²) >= 11 is 0. The third-order valence-corrected chi connectivity index (χ3v) is 5.53. The van der Waals surface area contributed by atoms with Crippen LogP contribution < -0.4 is 10.6 Å². The monoisotopic (exact) mass is 483 g/mol. The van der Waals surface area contributed by atoms with Crippen LogP contribution >= 0.6 is 24.0 Å².